The predicted molar refractivity (Wildman–Crippen MR) is 99.3 cm³/mol. The summed E-state index contributed by atoms with van der Waals surface area (Å²) in [6.07, 6.45) is 2.14. The molecule has 0 saturated heterocycles. The number of amides is 2. The lowest BCUT2D eigenvalue weighted by atomic mass is 10.2. The Morgan fingerprint density at radius 2 is 1.92 bits per heavy atom. The molecule has 8 heteroatoms. The third kappa shape index (κ3) is 6.02. The quantitative estimate of drug-likeness (QED) is 0.554. The van der Waals surface area contributed by atoms with Gasteiger partial charge < -0.3 is 15.0 Å². The van der Waals surface area contributed by atoms with E-state index in [1.807, 2.05) is 20.8 Å². The average molecular weight is 405 g/mol. The highest BCUT2D eigenvalue weighted by molar-refractivity contribution is 6.36. The number of hydrogen-bond donors (Lipinski definition) is 1. The molecule has 0 atom stereocenters. The van der Waals surface area contributed by atoms with Crippen molar-refractivity contribution in [3.05, 3.63) is 33.6 Å². The first-order valence-electron chi connectivity index (χ1n) is 8.51. The number of hydrogen-bond acceptors (Lipinski definition) is 3. The molecule has 1 aliphatic carbocycles. The van der Waals surface area contributed by atoms with Crippen LogP contribution in [0.15, 0.2) is 12.1 Å². The Bertz CT molecular complexity index is 688. The molecular formula is C18H23Cl2FN2O3. The summed E-state index contributed by atoms with van der Waals surface area (Å²) in [6.45, 7) is 6.27. The molecule has 0 unspecified atom stereocenters. The van der Waals surface area contributed by atoms with Crippen molar-refractivity contribution in [2.45, 2.75) is 51.7 Å². The maximum atomic E-state index is 13.5. The van der Waals surface area contributed by atoms with Gasteiger partial charge in [-0.25, -0.2) is 9.18 Å². The van der Waals surface area contributed by atoms with Crippen LogP contribution in [0.5, 0.6) is 0 Å². The van der Waals surface area contributed by atoms with Gasteiger partial charge in [-0.1, -0.05) is 23.2 Å². The van der Waals surface area contributed by atoms with E-state index in [9.17, 15) is 14.0 Å². The molecule has 5 nitrogen and oxygen atoms in total. The van der Waals surface area contributed by atoms with E-state index in [2.05, 4.69) is 5.32 Å². The third-order valence-electron chi connectivity index (χ3n) is 3.73. The summed E-state index contributed by atoms with van der Waals surface area (Å²) in [7, 11) is 0. The molecule has 1 fully saturated rings. The standard InChI is InChI=1S/C18H23Cl2FN2O3/c1-18(2,3)26-17(25)23(11-5-6-11)8-4-7-22-16(24)12-9-15(21)14(20)10-13(12)19/h9-11H,4-8H2,1-3H3,(H,22,24). The molecule has 0 heterocycles. The molecule has 0 spiro atoms. The molecule has 144 valence electrons. The van der Waals surface area contributed by atoms with E-state index in [1.54, 1.807) is 4.90 Å². The Morgan fingerprint density at radius 1 is 1.27 bits per heavy atom. The molecule has 0 radical (unpaired) electrons. The Kier molecular flexibility index (Phi) is 6.74. The maximum Gasteiger partial charge on any atom is 0.410 e. The number of benzene rings is 1. The summed E-state index contributed by atoms with van der Waals surface area (Å²) in [5.41, 5.74) is -0.520. The van der Waals surface area contributed by atoms with Crippen molar-refractivity contribution in [2.75, 3.05) is 13.1 Å². The van der Waals surface area contributed by atoms with Crippen LogP contribution in [-0.2, 0) is 4.74 Å². The van der Waals surface area contributed by atoms with Gasteiger partial charge >= 0.3 is 6.09 Å². The topological polar surface area (TPSA) is 58.6 Å². The van der Waals surface area contributed by atoms with Crippen LogP contribution in [0.2, 0.25) is 10.0 Å². The van der Waals surface area contributed by atoms with E-state index in [4.69, 9.17) is 27.9 Å². The normalized spacial score (nSPS) is 14.1. The van der Waals surface area contributed by atoms with E-state index in [0.29, 0.717) is 19.5 Å². The van der Waals surface area contributed by atoms with Gasteiger partial charge in [0.15, 0.2) is 0 Å². The number of nitrogens with one attached hydrogen (secondary N) is 1. The van der Waals surface area contributed by atoms with E-state index in [0.717, 1.165) is 18.9 Å². The molecule has 26 heavy (non-hydrogen) atoms. The summed E-state index contributed by atoms with van der Waals surface area (Å²) in [5, 5.41) is 2.63. The number of nitrogens with zero attached hydrogens (tertiary/aromatic N) is 1. The van der Waals surface area contributed by atoms with Gasteiger partial charge in [-0.2, -0.15) is 0 Å². The van der Waals surface area contributed by atoms with Crippen LogP contribution in [0.4, 0.5) is 9.18 Å². The zero-order valence-corrected chi connectivity index (χ0v) is 16.6. The highest BCUT2D eigenvalue weighted by Crippen LogP contribution is 2.28. The third-order valence-corrected chi connectivity index (χ3v) is 4.33. The first kappa shape index (κ1) is 20.8. The van der Waals surface area contributed by atoms with Crippen LogP contribution in [0.3, 0.4) is 0 Å². The Labute approximate surface area is 162 Å². The average Bonchev–Trinajstić information content (AvgIpc) is 3.33. The van der Waals surface area contributed by atoms with Crippen molar-refractivity contribution in [3.8, 4) is 0 Å². The van der Waals surface area contributed by atoms with Gasteiger partial charge in [-0.3, -0.25) is 4.79 Å². The van der Waals surface area contributed by atoms with Crippen molar-refractivity contribution in [1.29, 1.82) is 0 Å². The Morgan fingerprint density at radius 3 is 2.50 bits per heavy atom. The van der Waals surface area contributed by atoms with Crippen molar-refractivity contribution >= 4 is 35.2 Å². The Balaban J connectivity index is 1.84. The van der Waals surface area contributed by atoms with Gasteiger partial charge in [0.25, 0.3) is 5.91 Å². The molecule has 0 bridgehead atoms. The van der Waals surface area contributed by atoms with Gasteiger partial charge in [0.05, 0.1) is 15.6 Å². The fourth-order valence-electron chi connectivity index (χ4n) is 2.37. The van der Waals surface area contributed by atoms with Crippen molar-refractivity contribution in [1.82, 2.24) is 10.2 Å². The maximum absolute atomic E-state index is 13.5. The number of rotatable bonds is 6. The van der Waals surface area contributed by atoms with E-state index >= 15 is 0 Å². The zero-order valence-electron chi connectivity index (χ0n) is 15.1. The lowest BCUT2D eigenvalue weighted by molar-refractivity contribution is 0.0232. The van der Waals surface area contributed by atoms with Crippen molar-refractivity contribution < 1.29 is 18.7 Å². The van der Waals surface area contributed by atoms with Crippen LogP contribution >= 0.6 is 23.2 Å². The first-order chi connectivity index (χ1) is 12.1. The fourth-order valence-corrected chi connectivity index (χ4v) is 2.84. The van der Waals surface area contributed by atoms with Crippen molar-refractivity contribution in [2.24, 2.45) is 0 Å². The predicted octanol–water partition coefficient (Wildman–Crippen LogP) is 4.65. The minimum atomic E-state index is -0.703. The first-order valence-corrected chi connectivity index (χ1v) is 9.26. The molecule has 1 aromatic carbocycles. The molecule has 1 N–H and O–H groups in total. The van der Waals surface area contributed by atoms with Gasteiger partial charge in [-0.05, 0) is 52.2 Å². The second-order valence-electron chi connectivity index (χ2n) is 7.26. The minimum absolute atomic E-state index is 0.0276. The molecule has 1 saturated carbocycles. The minimum Gasteiger partial charge on any atom is -0.444 e. The molecule has 0 aliphatic heterocycles. The molecule has 1 aliphatic rings. The SMILES string of the molecule is CC(C)(C)OC(=O)N(CCCNC(=O)c1cc(F)c(Cl)cc1Cl)C1CC1. The number of halogens is 3. The molecule has 1 aromatic rings. The number of carbonyl (C=O) groups excluding carboxylic acids is 2. The van der Waals surface area contributed by atoms with Crippen molar-refractivity contribution in [3.63, 3.8) is 0 Å². The smallest absolute Gasteiger partial charge is 0.410 e. The lowest BCUT2D eigenvalue weighted by Crippen LogP contribution is -2.39. The van der Waals surface area contributed by atoms with E-state index < -0.39 is 17.3 Å². The molecule has 2 amide bonds. The van der Waals surface area contributed by atoms with Crippen LogP contribution in [0.25, 0.3) is 0 Å². The zero-order chi connectivity index (χ0) is 19.5. The summed E-state index contributed by atoms with van der Waals surface area (Å²) in [5.74, 6) is -1.19. The lowest BCUT2D eigenvalue weighted by Gasteiger charge is -2.27. The molecule has 2 rings (SSSR count). The number of carbonyl (C=O) groups is 2. The number of ether oxygens (including phenoxy) is 1. The molecule has 0 aromatic heterocycles. The van der Waals surface area contributed by atoms with E-state index in [1.165, 1.54) is 6.07 Å². The summed E-state index contributed by atoms with van der Waals surface area (Å²) in [4.78, 5) is 26.1. The van der Waals surface area contributed by atoms with Crippen LogP contribution in [0, 0.1) is 5.82 Å². The van der Waals surface area contributed by atoms with Crippen LogP contribution in [-0.4, -0.2) is 41.6 Å². The highest BCUT2D eigenvalue weighted by atomic mass is 35.5. The van der Waals surface area contributed by atoms with Gasteiger partial charge in [0.1, 0.15) is 11.4 Å². The summed E-state index contributed by atoms with van der Waals surface area (Å²) < 4.78 is 18.9. The van der Waals surface area contributed by atoms with Gasteiger partial charge in [0, 0.05) is 19.1 Å². The largest absolute Gasteiger partial charge is 0.444 e. The molecular weight excluding hydrogens is 382 g/mol. The monoisotopic (exact) mass is 404 g/mol. The summed E-state index contributed by atoms with van der Waals surface area (Å²) in [6, 6.07) is 2.42. The second kappa shape index (κ2) is 8.44. The van der Waals surface area contributed by atoms with E-state index in [-0.39, 0.29) is 27.7 Å². The van der Waals surface area contributed by atoms with Crippen LogP contribution < -0.4 is 5.32 Å². The summed E-state index contributed by atoms with van der Waals surface area (Å²) >= 11 is 11.6. The Hall–Kier alpha value is -1.53. The fraction of sp³-hybridized carbons (Fsp3) is 0.556. The second-order valence-corrected chi connectivity index (χ2v) is 8.07. The highest BCUT2D eigenvalue weighted by Gasteiger charge is 2.34. The van der Waals surface area contributed by atoms with Gasteiger partial charge in [0.2, 0.25) is 0 Å². The van der Waals surface area contributed by atoms with Crippen LogP contribution in [0.1, 0.15) is 50.4 Å². The van der Waals surface area contributed by atoms with Gasteiger partial charge in [-0.15, -0.1) is 0 Å².